The van der Waals surface area contributed by atoms with E-state index in [2.05, 4.69) is 43.0 Å². The second kappa shape index (κ2) is 7.69. The first-order valence-corrected chi connectivity index (χ1v) is 10.4. The molecule has 1 amide bonds. The monoisotopic (exact) mass is 379 g/mol. The number of carbonyl (C=O) groups excluding carboxylic acids is 1. The summed E-state index contributed by atoms with van der Waals surface area (Å²) in [6.45, 7) is 7.53. The minimum atomic E-state index is 0.259. The number of anilines is 1. The van der Waals surface area contributed by atoms with Crippen LogP contribution in [-0.2, 0) is 11.2 Å². The summed E-state index contributed by atoms with van der Waals surface area (Å²) in [5, 5.41) is 1.08. The zero-order chi connectivity index (χ0) is 18.8. The van der Waals surface area contributed by atoms with E-state index in [0.29, 0.717) is 6.42 Å². The third-order valence-corrected chi connectivity index (χ3v) is 6.25. The van der Waals surface area contributed by atoms with E-state index in [-0.39, 0.29) is 5.91 Å². The van der Waals surface area contributed by atoms with Crippen molar-refractivity contribution in [2.45, 2.75) is 26.7 Å². The molecule has 140 valence electrons. The van der Waals surface area contributed by atoms with Crippen molar-refractivity contribution in [1.29, 1.82) is 0 Å². The number of benzene rings is 2. The molecule has 27 heavy (non-hydrogen) atoms. The third-order valence-electron chi connectivity index (χ3n) is 5.19. The Kier molecular flexibility index (Phi) is 5.12. The SMILES string of the molecule is Cc1cc(C)c2nc(N3CCN(C(=O)CCc4ccccc4)CC3)sc2c1. The van der Waals surface area contributed by atoms with E-state index in [9.17, 15) is 4.79 Å². The van der Waals surface area contributed by atoms with Crippen LogP contribution in [-0.4, -0.2) is 42.0 Å². The molecule has 0 bridgehead atoms. The predicted molar refractivity (Wildman–Crippen MR) is 113 cm³/mol. The van der Waals surface area contributed by atoms with Crippen LogP contribution in [0.1, 0.15) is 23.1 Å². The second-order valence-electron chi connectivity index (χ2n) is 7.28. The molecule has 2 aromatic carbocycles. The molecule has 4 rings (SSSR count). The zero-order valence-electron chi connectivity index (χ0n) is 15.9. The largest absolute Gasteiger partial charge is 0.345 e. The van der Waals surface area contributed by atoms with Crippen molar-refractivity contribution in [2.75, 3.05) is 31.1 Å². The molecular formula is C22H25N3OS. The lowest BCUT2D eigenvalue weighted by atomic mass is 10.1. The Morgan fingerprint density at radius 1 is 1.07 bits per heavy atom. The number of nitrogens with zero attached hydrogens (tertiary/aromatic N) is 3. The van der Waals surface area contributed by atoms with Gasteiger partial charge >= 0.3 is 0 Å². The van der Waals surface area contributed by atoms with Crippen LogP contribution in [0.5, 0.6) is 0 Å². The number of amides is 1. The van der Waals surface area contributed by atoms with Crippen molar-refractivity contribution in [2.24, 2.45) is 0 Å². The van der Waals surface area contributed by atoms with Gasteiger partial charge in [0.15, 0.2) is 5.13 Å². The molecule has 0 atom stereocenters. The topological polar surface area (TPSA) is 36.4 Å². The van der Waals surface area contributed by atoms with Gasteiger partial charge in [-0.15, -0.1) is 0 Å². The van der Waals surface area contributed by atoms with Gasteiger partial charge in [-0.05, 0) is 43.0 Å². The lowest BCUT2D eigenvalue weighted by molar-refractivity contribution is -0.131. The minimum absolute atomic E-state index is 0.259. The zero-order valence-corrected chi connectivity index (χ0v) is 16.8. The van der Waals surface area contributed by atoms with Gasteiger partial charge in [0.1, 0.15) is 0 Å². The maximum atomic E-state index is 12.5. The van der Waals surface area contributed by atoms with Crippen LogP contribution >= 0.6 is 11.3 Å². The molecule has 0 radical (unpaired) electrons. The Bertz CT molecular complexity index is 943. The van der Waals surface area contributed by atoms with Crippen LogP contribution in [0.2, 0.25) is 0 Å². The Morgan fingerprint density at radius 3 is 2.56 bits per heavy atom. The van der Waals surface area contributed by atoms with Gasteiger partial charge in [0.05, 0.1) is 10.2 Å². The first kappa shape index (κ1) is 18.0. The van der Waals surface area contributed by atoms with Crippen molar-refractivity contribution in [3.8, 4) is 0 Å². The number of aromatic nitrogens is 1. The second-order valence-corrected chi connectivity index (χ2v) is 8.29. The van der Waals surface area contributed by atoms with Crippen LogP contribution in [0.3, 0.4) is 0 Å². The average Bonchev–Trinajstić information content (AvgIpc) is 3.11. The molecule has 5 heteroatoms. The fourth-order valence-electron chi connectivity index (χ4n) is 3.70. The molecule has 4 nitrogen and oxygen atoms in total. The van der Waals surface area contributed by atoms with Crippen molar-refractivity contribution < 1.29 is 4.79 Å². The smallest absolute Gasteiger partial charge is 0.223 e. The molecular weight excluding hydrogens is 354 g/mol. The molecule has 1 saturated heterocycles. The summed E-state index contributed by atoms with van der Waals surface area (Å²) in [4.78, 5) is 21.7. The van der Waals surface area contributed by atoms with Gasteiger partial charge < -0.3 is 9.80 Å². The van der Waals surface area contributed by atoms with Gasteiger partial charge in [0, 0.05) is 32.6 Å². The fraction of sp³-hybridized carbons (Fsp3) is 0.364. The van der Waals surface area contributed by atoms with Gasteiger partial charge in [0.2, 0.25) is 5.91 Å². The van der Waals surface area contributed by atoms with E-state index in [4.69, 9.17) is 4.98 Å². The van der Waals surface area contributed by atoms with E-state index in [1.54, 1.807) is 11.3 Å². The number of piperazine rings is 1. The summed E-state index contributed by atoms with van der Waals surface area (Å²) in [6.07, 6.45) is 1.40. The third kappa shape index (κ3) is 3.98. The van der Waals surface area contributed by atoms with Gasteiger partial charge in [-0.25, -0.2) is 4.98 Å². The van der Waals surface area contributed by atoms with Crippen LogP contribution in [0.25, 0.3) is 10.2 Å². The van der Waals surface area contributed by atoms with Crippen molar-refractivity contribution >= 4 is 32.6 Å². The molecule has 3 aromatic rings. The van der Waals surface area contributed by atoms with Crippen LogP contribution < -0.4 is 4.90 Å². The quantitative estimate of drug-likeness (QED) is 0.682. The molecule has 0 unspecified atom stereocenters. The number of aryl methyl sites for hydroxylation is 3. The van der Waals surface area contributed by atoms with Gasteiger partial charge in [-0.2, -0.15) is 0 Å². The fourth-order valence-corrected chi connectivity index (χ4v) is 4.89. The molecule has 1 aliphatic heterocycles. The molecule has 0 aliphatic carbocycles. The van der Waals surface area contributed by atoms with Crippen molar-refractivity contribution in [3.05, 3.63) is 59.2 Å². The number of thiazole rings is 1. The summed E-state index contributed by atoms with van der Waals surface area (Å²) >= 11 is 1.76. The summed E-state index contributed by atoms with van der Waals surface area (Å²) in [5.74, 6) is 0.259. The molecule has 2 heterocycles. The van der Waals surface area contributed by atoms with Crippen molar-refractivity contribution in [1.82, 2.24) is 9.88 Å². The minimum Gasteiger partial charge on any atom is -0.345 e. The van der Waals surface area contributed by atoms with Crippen LogP contribution in [0.15, 0.2) is 42.5 Å². The number of fused-ring (bicyclic) bond motifs is 1. The summed E-state index contributed by atoms with van der Waals surface area (Å²) in [6, 6.07) is 14.6. The van der Waals surface area contributed by atoms with E-state index >= 15 is 0 Å². The normalized spacial score (nSPS) is 14.7. The average molecular weight is 380 g/mol. The number of hydrogen-bond acceptors (Lipinski definition) is 4. The maximum Gasteiger partial charge on any atom is 0.223 e. The van der Waals surface area contributed by atoms with E-state index in [1.165, 1.54) is 21.4 Å². The molecule has 1 aromatic heterocycles. The van der Waals surface area contributed by atoms with Crippen LogP contribution in [0.4, 0.5) is 5.13 Å². The van der Waals surface area contributed by atoms with Gasteiger partial charge in [0.25, 0.3) is 0 Å². The lowest BCUT2D eigenvalue weighted by Crippen LogP contribution is -2.48. The molecule has 0 saturated carbocycles. The molecule has 0 N–H and O–H groups in total. The number of hydrogen-bond donors (Lipinski definition) is 0. The highest BCUT2D eigenvalue weighted by molar-refractivity contribution is 7.22. The van der Waals surface area contributed by atoms with Crippen molar-refractivity contribution in [3.63, 3.8) is 0 Å². The van der Waals surface area contributed by atoms with E-state index in [1.807, 2.05) is 23.1 Å². The highest BCUT2D eigenvalue weighted by atomic mass is 32.1. The number of carbonyl (C=O) groups is 1. The Morgan fingerprint density at radius 2 is 1.81 bits per heavy atom. The lowest BCUT2D eigenvalue weighted by Gasteiger charge is -2.34. The first-order valence-electron chi connectivity index (χ1n) is 9.54. The summed E-state index contributed by atoms with van der Waals surface area (Å²) in [5.41, 5.74) is 4.86. The Balaban J connectivity index is 1.36. The standard InChI is InChI=1S/C22H25N3OS/c1-16-14-17(2)21-19(15-16)27-22(23-21)25-12-10-24(11-13-25)20(26)9-8-18-6-4-3-5-7-18/h3-7,14-15H,8-13H2,1-2H3. The highest BCUT2D eigenvalue weighted by Gasteiger charge is 2.23. The van der Waals surface area contributed by atoms with Gasteiger partial charge in [-0.3, -0.25) is 4.79 Å². The molecule has 1 fully saturated rings. The van der Waals surface area contributed by atoms with Crippen LogP contribution in [0, 0.1) is 13.8 Å². The van der Waals surface area contributed by atoms with E-state index < -0.39 is 0 Å². The van der Waals surface area contributed by atoms with Gasteiger partial charge in [-0.1, -0.05) is 47.7 Å². The van der Waals surface area contributed by atoms with E-state index in [0.717, 1.165) is 43.2 Å². The Hall–Kier alpha value is -2.40. The molecule has 0 spiro atoms. The highest BCUT2D eigenvalue weighted by Crippen LogP contribution is 2.32. The first-order chi connectivity index (χ1) is 13.1. The number of rotatable bonds is 4. The maximum absolute atomic E-state index is 12.5. The Labute approximate surface area is 164 Å². The summed E-state index contributed by atoms with van der Waals surface area (Å²) < 4.78 is 1.25. The molecule has 1 aliphatic rings. The summed E-state index contributed by atoms with van der Waals surface area (Å²) in [7, 11) is 0. The predicted octanol–water partition coefficient (Wildman–Crippen LogP) is 4.19.